The Bertz CT molecular complexity index is 665. The third-order valence-electron chi connectivity index (χ3n) is 3.13. The number of aromatic amines is 1. The molecule has 0 bridgehead atoms. The molecule has 0 fully saturated rings. The molecule has 1 aromatic heterocycles. The quantitative estimate of drug-likeness (QED) is 0.899. The van der Waals surface area contributed by atoms with Crippen LogP contribution in [0.5, 0.6) is 0 Å². The Labute approximate surface area is 115 Å². The van der Waals surface area contributed by atoms with E-state index in [1.165, 1.54) is 31.0 Å². The zero-order valence-electron chi connectivity index (χ0n) is 11.2. The van der Waals surface area contributed by atoms with E-state index in [1.54, 1.807) is 12.1 Å². The van der Waals surface area contributed by atoms with E-state index in [-0.39, 0.29) is 18.3 Å². The van der Waals surface area contributed by atoms with Crippen molar-refractivity contribution in [3.8, 4) is 0 Å². The summed E-state index contributed by atoms with van der Waals surface area (Å²) < 4.78 is 13.1. The first-order valence-corrected chi connectivity index (χ1v) is 6.15. The van der Waals surface area contributed by atoms with Crippen LogP contribution < -0.4 is 0 Å². The van der Waals surface area contributed by atoms with E-state index in [1.807, 2.05) is 0 Å². The number of nitrogens with one attached hydrogen (secondary N) is 1. The van der Waals surface area contributed by atoms with Crippen molar-refractivity contribution in [2.24, 2.45) is 5.92 Å². The third-order valence-corrected chi connectivity index (χ3v) is 3.13. The Balaban J connectivity index is 2.20. The lowest BCUT2D eigenvalue weighted by atomic mass is 10.1. The number of hydrogen-bond donors (Lipinski definition) is 2. The lowest BCUT2D eigenvalue weighted by Gasteiger charge is -2.18. The minimum Gasteiger partial charge on any atom is -0.481 e. The average Bonchev–Trinajstić information content (AvgIpc) is 2.80. The summed E-state index contributed by atoms with van der Waals surface area (Å²) >= 11 is 0. The van der Waals surface area contributed by atoms with Gasteiger partial charge in [0.15, 0.2) is 0 Å². The number of aliphatic carboxylic acids is 1. The molecule has 0 spiro atoms. The zero-order chi connectivity index (χ0) is 14.9. The molecule has 0 radical (unpaired) electrons. The highest BCUT2D eigenvalue weighted by atomic mass is 19.1. The van der Waals surface area contributed by atoms with E-state index in [2.05, 4.69) is 4.98 Å². The first kappa shape index (κ1) is 14.0. The van der Waals surface area contributed by atoms with Gasteiger partial charge in [0.2, 0.25) is 0 Å². The van der Waals surface area contributed by atoms with E-state index in [4.69, 9.17) is 5.11 Å². The monoisotopic (exact) mass is 278 g/mol. The molecular weight excluding hydrogens is 263 g/mol. The summed E-state index contributed by atoms with van der Waals surface area (Å²) in [5, 5.41) is 9.45. The van der Waals surface area contributed by atoms with Gasteiger partial charge in [-0.3, -0.25) is 9.59 Å². The highest BCUT2D eigenvalue weighted by Crippen LogP contribution is 2.17. The lowest BCUT2D eigenvalue weighted by molar-refractivity contribution is -0.141. The van der Waals surface area contributed by atoms with Gasteiger partial charge in [-0.2, -0.15) is 0 Å². The number of carboxylic acids is 1. The SMILES string of the molecule is CC(CN(C)C(=O)c1cc2cc(F)ccc2[nH]1)C(=O)O. The number of carboxylic acid groups (broad SMARTS) is 1. The van der Waals surface area contributed by atoms with Gasteiger partial charge in [-0.1, -0.05) is 6.92 Å². The molecule has 2 N–H and O–H groups in total. The number of benzene rings is 1. The number of fused-ring (bicyclic) bond motifs is 1. The fourth-order valence-corrected chi connectivity index (χ4v) is 2.00. The molecule has 0 aliphatic rings. The van der Waals surface area contributed by atoms with Crippen LogP contribution >= 0.6 is 0 Å². The van der Waals surface area contributed by atoms with Gasteiger partial charge in [0.05, 0.1) is 5.92 Å². The minimum atomic E-state index is -0.955. The standard InChI is InChI=1S/C14H15FN2O3/c1-8(14(19)20)7-17(2)13(18)12-6-9-5-10(15)3-4-11(9)16-12/h3-6,8,16H,7H2,1-2H3,(H,19,20). The van der Waals surface area contributed by atoms with Gasteiger partial charge in [-0.25, -0.2) is 4.39 Å². The summed E-state index contributed by atoms with van der Waals surface area (Å²) in [6.07, 6.45) is 0. The molecule has 1 atom stereocenters. The molecule has 1 unspecified atom stereocenters. The number of carbonyl (C=O) groups is 2. The molecule has 1 amide bonds. The molecule has 0 aliphatic heterocycles. The van der Waals surface area contributed by atoms with E-state index in [0.29, 0.717) is 16.6 Å². The molecule has 0 saturated heterocycles. The molecule has 2 aromatic rings. The second-order valence-corrected chi connectivity index (χ2v) is 4.84. The van der Waals surface area contributed by atoms with Crippen molar-refractivity contribution in [2.75, 3.05) is 13.6 Å². The van der Waals surface area contributed by atoms with Crippen LogP contribution in [0.4, 0.5) is 4.39 Å². The number of carbonyl (C=O) groups excluding carboxylic acids is 1. The van der Waals surface area contributed by atoms with E-state index in [0.717, 1.165) is 0 Å². The van der Waals surface area contributed by atoms with Crippen LogP contribution in [0, 0.1) is 11.7 Å². The van der Waals surface area contributed by atoms with Crippen LogP contribution in [-0.4, -0.2) is 40.5 Å². The average molecular weight is 278 g/mol. The number of hydrogen-bond acceptors (Lipinski definition) is 2. The molecule has 2 rings (SSSR count). The van der Waals surface area contributed by atoms with Crippen molar-refractivity contribution in [3.63, 3.8) is 0 Å². The largest absolute Gasteiger partial charge is 0.481 e. The van der Waals surface area contributed by atoms with E-state index < -0.39 is 11.9 Å². The van der Waals surface area contributed by atoms with Crippen molar-refractivity contribution in [1.82, 2.24) is 9.88 Å². The number of aromatic nitrogens is 1. The number of amides is 1. The highest BCUT2D eigenvalue weighted by molar-refractivity contribution is 5.98. The molecule has 20 heavy (non-hydrogen) atoms. The fraction of sp³-hybridized carbons (Fsp3) is 0.286. The highest BCUT2D eigenvalue weighted by Gasteiger charge is 2.19. The van der Waals surface area contributed by atoms with Crippen LogP contribution in [0.2, 0.25) is 0 Å². The van der Waals surface area contributed by atoms with Gasteiger partial charge in [0.1, 0.15) is 11.5 Å². The number of halogens is 1. The summed E-state index contributed by atoms with van der Waals surface area (Å²) in [5.74, 6) is -2.30. The maximum absolute atomic E-state index is 13.1. The summed E-state index contributed by atoms with van der Waals surface area (Å²) in [6, 6.07) is 5.76. The van der Waals surface area contributed by atoms with Gasteiger partial charge in [0, 0.05) is 24.5 Å². The smallest absolute Gasteiger partial charge is 0.308 e. The van der Waals surface area contributed by atoms with Gasteiger partial charge in [-0.15, -0.1) is 0 Å². The number of nitrogens with zero attached hydrogens (tertiary/aromatic N) is 1. The van der Waals surface area contributed by atoms with E-state index in [9.17, 15) is 14.0 Å². The zero-order valence-corrected chi connectivity index (χ0v) is 11.2. The predicted octanol–water partition coefficient (Wildman–Crippen LogP) is 2.10. The second-order valence-electron chi connectivity index (χ2n) is 4.84. The lowest BCUT2D eigenvalue weighted by Crippen LogP contribution is -2.33. The van der Waals surface area contributed by atoms with Crippen molar-refractivity contribution >= 4 is 22.8 Å². The Morgan fingerprint density at radius 2 is 2.10 bits per heavy atom. The Morgan fingerprint density at radius 3 is 2.75 bits per heavy atom. The first-order chi connectivity index (χ1) is 9.38. The fourth-order valence-electron chi connectivity index (χ4n) is 2.00. The Kier molecular flexibility index (Phi) is 3.74. The van der Waals surface area contributed by atoms with Gasteiger partial charge in [-0.05, 0) is 24.3 Å². The summed E-state index contributed by atoms with van der Waals surface area (Å²) in [5.41, 5.74) is 0.972. The number of H-pyrrole nitrogens is 1. The van der Waals surface area contributed by atoms with Gasteiger partial charge < -0.3 is 15.0 Å². The van der Waals surface area contributed by atoms with Gasteiger partial charge in [0.25, 0.3) is 5.91 Å². The molecule has 106 valence electrons. The van der Waals surface area contributed by atoms with Crippen molar-refractivity contribution in [3.05, 3.63) is 35.8 Å². The maximum atomic E-state index is 13.1. The van der Waals surface area contributed by atoms with Gasteiger partial charge >= 0.3 is 5.97 Å². The van der Waals surface area contributed by atoms with Crippen molar-refractivity contribution < 1.29 is 19.1 Å². The van der Waals surface area contributed by atoms with Crippen LogP contribution in [0.3, 0.4) is 0 Å². The molecule has 1 heterocycles. The molecule has 6 heteroatoms. The molecule has 0 aliphatic carbocycles. The molecule has 5 nitrogen and oxygen atoms in total. The Morgan fingerprint density at radius 1 is 1.40 bits per heavy atom. The second kappa shape index (κ2) is 5.32. The first-order valence-electron chi connectivity index (χ1n) is 6.15. The number of rotatable bonds is 4. The summed E-state index contributed by atoms with van der Waals surface area (Å²) in [6.45, 7) is 1.64. The summed E-state index contributed by atoms with van der Waals surface area (Å²) in [4.78, 5) is 27.2. The minimum absolute atomic E-state index is 0.109. The third kappa shape index (κ3) is 2.79. The maximum Gasteiger partial charge on any atom is 0.308 e. The van der Waals surface area contributed by atoms with Crippen LogP contribution in [-0.2, 0) is 4.79 Å². The Hall–Kier alpha value is -2.37. The van der Waals surface area contributed by atoms with Crippen LogP contribution in [0.15, 0.2) is 24.3 Å². The molecule has 1 aromatic carbocycles. The molecule has 0 saturated carbocycles. The van der Waals surface area contributed by atoms with Crippen molar-refractivity contribution in [2.45, 2.75) is 6.92 Å². The van der Waals surface area contributed by atoms with Crippen molar-refractivity contribution in [1.29, 1.82) is 0 Å². The van der Waals surface area contributed by atoms with Crippen LogP contribution in [0.25, 0.3) is 10.9 Å². The topological polar surface area (TPSA) is 73.4 Å². The van der Waals surface area contributed by atoms with E-state index >= 15 is 0 Å². The predicted molar refractivity (Wildman–Crippen MR) is 72.0 cm³/mol. The van der Waals surface area contributed by atoms with Crippen LogP contribution in [0.1, 0.15) is 17.4 Å². The normalized spacial score (nSPS) is 12.3. The molecular formula is C14H15FN2O3. The summed E-state index contributed by atoms with van der Waals surface area (Å²) in [7, 11) is 1.54.